The van der Waals surface area contributed by atoms with E-state index >= 15 is 0 Å². The maximum atomic E-state index is 13.6. The molecule has 0 aliphatic carbocycles. The Morgan fingerprint density at radius 3 is 2.60 bits per heavy atom. The van der Waals surface area contributed by atoms with Crippen molar-refractivity contribution >= 4 is 62.9 Å². The van der Waals surface area contributed by atoms with E-state index in [2.05, 4.69) is 0 Å². The minimum Gasteiger partial charge on any atom is -0.488 e. The number of ether oxygens (including phenoxy) is 2. The molecule has 218 valence electrons. The summed E-state index contributed by atoms with van der Waals surface area (Å²) in [7, 11) is 0. The molecule has 2 saturated heterocycles. The monoisotopic (exact) mass is 611 g/mol. The minimum atomic E-state index is -0.122. The molecule has 2 fully saturated rings. The molecule has 0 bridgehead atoms. The molecule has 6 rings (SSSR count). The molecule has 43 heavy (non-hydrogen) atoms. The Bertz CT molecular complexity index is 1730. The van der Waals surface area contributed by atoms with Gasteiger partial charge in [0.2, 0.25) is 0 Å². The van der Waals surface area contributed by atoms with Gasteiger partial charge in [0.05, 0.1) is 23.8 Å². The van der Waals surface area contributed by atoms with Crippen molar-refractivity contribution in [2.24, 2.45) is 4.99 Å². The molecule has 0 aromatic heterocycles. The Morgan fingerprint density at radius 2 is 1.81 bits per heavy atom. The summed E-state index contributed by atoms with van der Waals surface area (Å²) in [4.78, 5) is 35.5. The van der Waals surface area contributed by atoms with Crippen LogP contribution in [0.2, 0.25) is 5.02 Å². The van der Waals surface area contributed by atoms with Crippen LogP contribution in [-0.4, -0.2) is 59.6 Å². The van der Waals surface area contributed by atoms with Crippen LogP contribution in [0.15, 0.2) is 94.8 Å². The first-order valence-electron chi connectivity index (χ1n) is 14.2. The summed E-state index contributed by atoms with van der Waals surface area (Å²) in [6.45, 7) is 4.96. The van der Waals surface area contributed by atoms with Crippen molar-refractivity contribution in [3.8, 4) is 5.75 Å². The van der Waals surface area contributed by atoms with Gasteiger partial charge in [-0.3, -0.25) is 14.5 Å². The van der Waals surface area contributed by atoms with Crippen molar-refractivity contribution in [1.29, 1.82) is 0 Å². The SMILES string of the molecule is CCN1C(=O)/C(=C\c2c(OCc3ccc(Cl)cc3)ccc3ccccc23)SC1=Nc1cccc(C(=O)N2CCOCC2)c1. The second-order valence-corrected chi connectivity index (χ2v) is 11.6. The lowest BCUT2D eigenvalue weighted by atomic mass is 10.0. The number of hydrogen-bond acceptors (Lipinski definition) is 6. The molecule has 4 aromatic rings. The van der Waals surface area contributed by atoms with Crippen LogP contribution < -0.4 is 4.74 Å². The number of fused-ring (bicyclic) bond motifs is 1. The van der Waals surface area contributed by atoms with Crippen molar-refractivity contribution in [3.63, 3.8) is 0 Å². The van der Waals surface area contributed by atoms with Crippen LogP contribution in [0.3, 0.4) is 0 Å². The van der Waals surface area contributed by atoms with Crippen molar-refractivity contribution in [3.05, 3.63) is 112 Å². The summed E-state index contributed by atoms with van der Waals surface area (Å²) in [6.07, 6.45) is 1.90. The van der Waals surface area contributed by atoms with Gasteiger partial charge in [0.15, 0.2) is 5.17 Å². The lowest BCUT2D eigenvalue weighted by molar-refractivity contribution is -0.122. The molecule has 0 radical (unpaired) electrons. The standard InChI is InChI=1S/C34H30ClN3O4S/c1-2-38-33(40)31(43-34(38)36-27-8-5-7-25(20-27)32(39)37-16-18-41-19-17-37)21-29-28-9-4-3-6-24(28)12-15-30(29)42-22-23-10-13-26(35)14-11-23/h3-15,20-21H,2,16-19,22H2,1H3/b31-21+,36-34?. The average molecular weight is 612 g/mol. The quantitative estimate of drug-likeness (QED) is 0.207. The van der Waals surface area contributed by atoms with Crippen LogP contribution in [0, 0.1) is 0 Å². The largest absolute Gasteiger partial charge is 0.488 e. The van der Waals surface area contributed by atoms with Gasteiger partial charge in [-0.2, -0.15) is 0 Å². The van der Waals surface area contributed by atoms with Crippen molar-refractivity contribution < 1.29 is 19.1 Å². The number of morpholine rings is 1. The van der Waals surface area contributed by atoms with E-state index in [-0.39, 0.29) is 11.8 Å². The second kappa shape index (κ2) is 13.0. The maximum Gasteiger partial charge on any atom is 0.266 e. The van der Waals surface area contributed by atoms with Crippen LogP contribution in [-0.2, 0) is 16.1 Å². The van der Waals surface area contributed by atoms with Gasteiger partial charge in [-0.25, -0.2) is 4.99 Å². The van der Waals surface area contributed by atoms with Gasteiger partial charge in [0.1, 0.15) is 12.4 Å². The highest BCUT2D eigenvalue weighted by atomic mass is 35.5. The first-order chi connectivity index (χ1) is 21.0. The van der Waals surface area contributed by atoms with E-state index in [0.29, 0.717) is 71.6 Å². The zero-order chi connectivity index (χ0) is 29.8. The van der Waals surface area contributed by atoms with Crippen LogP contribution >= 0.6 is 23.4 Å². The first-order valence-corrected chi connectivity index (χ1v) is 15.4. The summed E-state index contributed by atoms with van der Waals surface area (Å²) >= 11 is 7.37. The highest BCUT2D eigenvalue weighted by Crippen LogP contribution is 2.38. The smallest absolute Gasteiger partial charge is 0.266 e. The normalized spacial score (nSPS) is 17.3. The van der Waals surface area contributed by atoms with Crippen molar-refractivity contribution in [2.75, 3.05) is 32.8 Å². The van der Waals surface area contributed by atoms with E-state index in [4.69, 9.17) is 26.1 Å². The van der Waals surface area contributed by atoms with Crippen LogP contribution in [0.25, 0.3) is 16.8 Å². The Morgan fingerprint density at radius 1 is 1.02 bits per heavy atom. The summed E-state index contributed by atoms with van der Waals surface area (Å²) in [5.74, 6) is 0.510. The molecule has 2 amide bonds. The number of halogens is 1. The molecule has 7 nitrogen and oxygen atoms in total. The maximum absolute atomic E-state index is 13.6. The number of thioether (sulfide) groups is 1. The van der Waals surface area contributed by atoms with Crippen LogP contribution in [0.5, 0.6) is 5.75 Å². The zero-order valence-corrected chi connectivity index (χ0v) is 25.2. The highest BCUT2D eigenvalue weighted by molar-refractivity contribution is 8.18. The Kier molecular flexibility index (Phi) is 8.79. The fourth-order valence-electron chi connectivity index (χ4n) is 5.06. The predicted molar refractivity (Wildman–Crippen MR) is 173 cm³/mol. The predicted octanol–water partition coefficient (Wildman–Crippen LogP) is 7.17. The van der Waals surface area contributed by atoms with E-state index < -0.39 is 0 Å². The number of benzene rings is 4. The van der Waals surface area contributed by atoms with Crippen molar-refractivity contribution in [2.45, 2.75) is 13.5 Å². The molecule has 2 aliphatic rings. The number of carbonyl (C=O) groups is 2. The van der Waals surface area contributed by atoms with E-state index in [1.165, 1.54) is 11.8 Å². The molecule has 4 aromatic carbocycles. The molecule has 9 heteroatoms. The third-order valence-electron chi connectivity index (χ3n) is 7.33. The van der Waals surface area contributed by atoms with Gasteiger partial charge < -0.3 is 14.4 Å². The number of aliphatic imine (C=N–C) groups is 1. The van der Waals surface area contributed by atoms with E-state index in [0.717, 1.165) is 21.9 Å². The molecule has 0 spiro atoms. The molecular formula is C34H30ClN3O4S. The zero-order valence-electron chi connectivity index (χ0n) is 23.7. The number of amides is 2. The molecule has 2 aliphatic heterocycles. The van der Waals surface area contributed by atoms with Crippen LogP contribution in [0.1, 0.15) is 28.4 Å². The highest BCUT2D eigenvalue weighted by Gasteiger charge is 2.33. The third kappa shape index (κ3) is 6.46. The van der Waals surface area contributed by atoms with E-state index in [9.17, 15) is 9.59 Å². The summed E-state index contributed by atoms with van der Waals surface area (Å²) < 4.78 is 11.7. The summed E-state index contributed by atoms with van der Waals surface area (Å²) in [6, 6.07) is 26.8. The Hall–Kier alpha value is -4.11. The first kappa shape index (κ1) is 29.0. The summed E-state index contributed by atoms with van der Waals surface area (Å²) in [5.41, 5.74) is 3.00. The Balaban J connectivity index is 1.31. The number of amidine groups is 1. The van der Waals surface area contributed by atoms with Gasteiger partial charge in [0, 0.05) is 35.8 Å². The number of carbonyl (C=O) groups excluding carboxylic acids is 2. The lowest BCUT2D eigenvalue weighted by Crippen LogP contribution is -2.40. The van der Waals surface area contributed by atoms with E-state index in [1.54, 1.807) is 21.9 Å². The number of likely N-dealkylation sites (N-methyl/N-ethyl adjacent to an activating group) is 1. The van der Waals surface area contributed by atoms with Crippen molar-refractivity contribution in [1.82, 2.24) is 9.80 Å². The molecule has 0 saturated carbocycles. The fourth-order valence-corrected chi connectivity index (χ4v) is 6.23. The molecule has 0 unspecified atom stereocenters. The fraction of sp³-hybridized carbons (Fsp3) is 0.206. The molecule has 2 heterocycles. The lowest BCUT2D eigenvalue weighted by Gasteiger charge is -2.26. The number of nitrogens with zero attached hydrogens (tertiary/aromatic N) is 3. The molecule has 0 N–H and O–H groups in total. The third-order valence-corrected chi connectivity index (χ3v) is 8.59. The van der Waals surface area contributed by atoms with Gasteiger partial charge in [0.25, 0.3) is 11.8 Å². The van der Waals surface area contributed by atoms with Gasteiger partial charge in [-0.05, 0) is 77.5 Å². The van der Waals surface area contributed by atoms with Gasteiger partial charge >= 0.3 is 0 Å². The molecular weight excluding hydrogens is 582 g/mol. The number of rotatable bonds is 7. The minimum absolute atomic E-state index is 0.0458. The average Bonchev–Trinajstić information content (AvgIpc) is 3.34. The van der Waals surface area contributed by atoms with Crippen LogP contribution in [0.4, 0.5) is 5.69 Å². The van der Waals surface area contributed by atoms with Gasteiger partial charge in [-0.1, -0.05) is 60.1 Å². The molecule has 0 atom stereocenters. The van der Waals surface area contributed by atoms with E-state index in [1.807, 2.05) is 85.8 Å². The number of hydrogen-bond donors (Lipinski definition) is 0. The topological polar surface area (TPSA) is 71.4 Å². The Labute approximate surface area is 259 Å². The van der Waals surface area contributed by atoms with Gasteiger partial charge in [-0.15, -0.1) is 0 Å². The summed E-state index contributed by atoms with van der Waals surface area (Å²) in [5, 5.41) is 3.27. The second-order valence-electron chi connectivity index (χ2n) is 10.1.